The molecular formula is C13H19N3O. The highest BCUT2D eigenvalue weighted by Gasteiger charge is 2.06. The van der Waals surface area contributed by atoms with Gasteiger partial charge in [-0.3, -0.25) is 0 Å². The summed E-state index contributed by atoms with van der Waals surface area (Å²) in [6.07, 6.45) is 4.59. The molecule has 2 aromatic rings. The molecule has 0 amide bonds. The van der Waals surface area contributed by atoms with E-state index < -0.39 is 0 Å². The first-order valence-electron chi connectivity index (χ1n) is 6.11. The molecule has 0 saturated heterocycles. The number of aromatic nitrogens is 2. The van der Waals surface area contributed by atoms with Gasteiger partial charge in [0.1, 0.15) is 17.3 Å². The van der Waals surface area contributed by atoms with Gasteiger partial charge in [0, 0.05) is 18.9 Å². The molecule has 4 nitrogen and oxygen atoms in total. The van der Waals surface area contributed by atoms with E-state index in [1.807, 2.05) is 24.5 Å². The van der Waals surface area contributed by atoms with Crippen molar-refractivity contribution >= 4 is 0 Å². The number of furan rings is 1. The molecule has 2 aromatic heterocycles. The van der Waals surface area contributed by atoms with Crippen molar-refractivity contribution in [1.82, 2.24) is 14.9 Å². The average molecular weight is 233 g/mol. The zero-order valence-corrected chi connectivity index (χ0v) is 10.4. The van der Waals surface area contributed by atoms with Crippen molar-refractivity contribution in [3.8, 4) is 0 Å². The maximum atomic E-state index is 5.74. The molecule has 0 aliphatic heterocycles. The maximum absolute atomic E-state index is 5.74. The molecule has 0 aliphatic carbocycles. The zero-order chi connectivity index (χ0) is 12.1. The van der Waals surface area contributed by atoms with Crippen molar-refractivity contribution in [3.63, 3.8) is 0 Å². The molecule has 0 atom stereocenters. The SMILES string of the molecule is CCNCc1ccc(Cc2nccn2CC)o1. The molecule has 17 heavy (non-hydrogen) atoms. The van der Waals surface area contributed by atoms with Crippen LogP contribution in [0, 0.1) is 0 Å². The second-order valence-corrected chi connectivity index (χ2v) is 3.95. The zero-order valence-electron chi connectivity index (χ0n) is 10.4. The van der Waals surface area contributed by atoms with Gasteiger partial charge in [-0.15, -0.1) is 0 Å². The Balaban J connectivity index is 2.01. The van der Waals surface area contributed by atoms with Gasteiger partial charge >= 0.3 is 0 Å². The fourth-order valence-corrected chi connectivity index (χ4v) is 1.81. The van der Waals surface area contributed by atoms with Gasteiger partial charge in [0.25, 0.3) is 0 Å². The van der Waals surface area contributed by atoms with Crippen LogP contribution in [-0.4, -0.2) is 16.1 Å². The Hall–Kier alpha value is -1.55. The number of imidazole rings is 1. The quantitative estimate of drug-likeness (QED) is 0.831. The Labute approximate surface area is 102 Å². The summed E-state index contributed by atoms with van der Waals surface area (Å²) in [6, 6.07) is 4.05. The highest BCUT2D eigenvalue weighted by atomic mass is 16.3. The number of aryl methyl sites for hydroxylation is 1. The molecule has 0 spiro atoms. The van der Waals surface area contributed by atoms with Crippen LogP contribution in [0.5, 0.6) is 0 Å². The summed E-state index contributed by atoms with van der Waals surface area (Å²) in [5.41, 5.74) is 0. The minimum absolute atomic E-state index is 0.757. The highest BCUT2D eigenvalue weighted by Crippen LogP contribution is 2.12. The second kappa shape index (κ2) is 5.68. The second-order valence-electron chi connectivity index (χ2n) is 3.95. The van der Waals surface area contributed by atoms with Crippen molar-refractivity contribution in [2.24, 2.45) is 0 Å². The molecule has 0 saturated carbocycles. The number of nitrogens with one attached hydrogen (secondary N) is 1. The first-order chi connectivity index (χ1) is 8.33. The van der Waals surface area contributed by atoms with Crippen LogP contribution in [0.1, 0.15) is 31.2 Å². The molecule has 0 radical (unpaired) electrons. The van der Waals surface area contributed by atoms with Crippen LogP contribution in [0.15, 0.2) is 28.9 Å². The monoisotopic (exact) mass is 233 g/mol. The van der Waals surface area contributed by atoms with Gasteiger partial charge < -0.3 is 14.3 Å². The van der Waals surface area contributed by atoms with Crippen LogP contribution in [0.3, 0.4) is 0 Å². The van der Waals surface area contributed by atoms with Crippen LogP contribution < -0.4 is 5.32 Å². The number of rotatable bonds is 6. The normalized spacial score (nSPS) is 10.9. The van der Waals surface area contributed by atoms with Gasteiger partial charge in [-0.1, -0.05) is 6.92 Å². The predicted octanol–water partition coefficient (Wildman–Crippen LogP) is 2.20. The molecule has 92 valence electrons. The van der Waals surface area contributed by atoms with Crippen LogP contribution >= 0.6 is 0 Å². The predicted molar refractivity (Wildman–Crippen MR) is 66.8 cm³/mol. The molecule has 2 rings (SSSR count). The van der Waals surface area contributed by atoms with E-state index in [1.165, 1.54) is 0 Å². The van der Waals surface area contributed by atoms with E-state index in [0.29, 0.717) is 0 Å². The molecule has 0 bridgehead atoms. The smallest absolute Gasteiger partial charge is 0.117 e. The third kappa shape index (κ3) is 2.97. The summed E-state index contributed by atoms with van der Waals surface area (Å²) >= 11 is 0. The molecule has 2 heterocycles. The fraction of sp³-hybridized carbons (Fsp3) is 0.462. The Bertz CT molecular complexity index is 459. The Morgan fingerprint density at radius 3 is 2.88 bits per heavy atom. The largest absolute Gasteiger partial charge is 0.464 e. The topological polar surface area (TPSA) is 43.0 Å². The lowest BCUT2D eigenvalue weighted by Crippen LogP contribution is -2.10. The number of hydrogen-bond donors (Lipinski definition) is 1. The van der Waals surface area contributed by atoms with Crippen molar-refractivity contribution in [2.75, 3.05) is 6.54 Å². The van der Waals surface area contributed by atoms with E-state index in [0.717, 1.165) is 43.4 Å². The molecule has 1 N–H and O–H groups in total. The van der Waals surface area contributed by atoms with E-state index in [2.05, 4.69) is 28.7 Å². The molecular weight excluding hydrogens is 214 g/mol. The number of hydrogen-bond acceptors (Lipinski definition) is 3. The standard InChI is InChI=1S/C13H19N3O/c1-3-14-10-12-6-5-11(17-12)9-13-15-7-8-16(13)4-2/h5-8,14H,3-4,9-10H2,1-2H3. The lowest BCUT2D eigenvalue weighted by molar-refractivity contribution is 0.452. The van der Waals surface area contributed by atoms with E-state index in [-0.39, 0.29) is 0 Å². The summed E-state index contributed by atoms with van der Waals surface area (Å²) in [7, 11) is 0. The summed E-state index contributed by atoms with van der Waals surface area (Å²) in [4.78, 5) is 4.34. The molecule has 0 fully saturated rings. The van der Waals surface area contributed by atoms with Crippen LogP contribution in [-0.2, 0) is 19.5 Å². The van der Waals surface area contributed by atoms with Crippen molar-refractivity contribution in [2.45, 2.75) is 33.4 Å². The minimum atomic E-state index is 0.757. The average Bonchev–Trinajstić information content (AvgIpc) is 2.96. The lowest BCUT2D eigenvalue weighted by Gasteiger charge is -2.02. The Kier molecular flexibility index (Phi) is 3.98. The molecule has 0 aromatic carbocycles. The Morgan fingerprint density at radius 2 is 2.12 bits per heavy atom. The van der Waals surface area contributed by atoms with Gasteiger partial charge in [0.05, 0.1) is 13.0 Å². The first kappa shape index (κ1) is 11.9. The lowest BCUT2D eigenvalue weighted by atomic mass is 10.3. The summed E-state index contributed by atoms with van der Waals surface area (Å²) in [5.74, 6) is 3.01. The third-order valence-electron chi connectivity index (χ3n) is 2.74. The molecule has 0 aliphatic rings. The highest BCUT2D eigenvalue weighted by molar-refractivity contribution is 5.12. The summed E-state index contributed by atoms with van der Waals surface area (Å²) in [6.45, 7) is 6.89. The van der Waals surface area contributed by atoms with Crippen molar-refractivity contribution in [3.05, 3.63) is 41.9 Å². The van der Waals surface area contributed by atoms with Crippen molar-refractivity contribution < 1.29 is 4.42 Å². The van der Waals surface area contributed by atoms with Crippen molar-refractivity contribution in [1.29, 1.82) is 0 Å². The van der Waals surface area contributed by atoms with Crippen LogP contribution in [0.25, 0.3) is 0 Å². The van der Waals surface area contributed by atoms with Crippen LogP contribution in [0.4, 0.5) is 0 Å². The first-order valence-corrected chi connectivity index (χ1v) is 6.11. The van der Waals surface area contributed by atoms with Gasteiger partial charge in [0.15, 0.2) is 0 Å². The van der Waals surface area contributed by atoms with E-state index in [4.69, 9.17) is 4.42 Å². The van der Waals surface area contributed by atoms with Gasteiger partial charge in [-0.2, -0.15) is 0 Å². The summed E-state index contributed by atoms with van der Waals surface area (Å²) < 4.78 is 7.87. The molecule has 0 unspecified atom stereocenters. The van der Waals surface area contributed by atoms with E-state index >= 15 is 0 Å². The van der Waals surface area contributed by atoms with E-state index in [9.17, 15) is 0 Å². The van der Waals surface area contributed by atoms with Gasteiger partial charge in [-0.05, 0) is 25.6 Å². The van der Waals surface area contributed by atoms with Gasteiger partial charge in [-0.25, -0.2) is 4.98 Å². The molecule has 4 heteroatoms. The maximum Gasteiger partial charge on any atom is 0.117 e. The van der Waals surface area contributed by atoms with Gasteiger partial charge in [0.2, 0.25) is 0 Å². The van der Waals surface area contributed by atoms with Crippen LogP contribution in [0.2, 0.25) is 0 Å². The number of nitrogens with zero attached hydrogens (tertiary/aromatic N) is 2. The fourth-order valence-electron chi connectivity index (χ4n) is 1.81. The Morgan fingerprint density at radius 1 is 1.29 bits per heavy atom. The minimum Gasteiger partial charge on any atom is -0.464 e. The summed E-state index contributed by atoms with van der Waals surface area (Å²) in [5, 5.41) is 3.24. The van der Waals surface area contributed by atoms with E-state index in [1.54, 1.807) is 0 Å². The third-order valence-corrected chi connectivity index (χ3v) is 2.74.